The van der Waals surface area contributed by atoms with Crippen molar-refractivity contribution in [3.05, 3.63) is 77.1 Å². The van der Waals surface area contributed by atoms with Crippen molar-refractivity contribution in [2.75, 3.05) is 4.90 Å². The van der Waals surface area contributed by atoms with Gasteiger partial charge in [-0.05, 0) is 23.3 Å². The van der Waals surface area contributed by atoms with Crippen LogP contribution in [-0.4, -0.2) is 27.9 Å². The van der Waals surface area contributed by atoms with E-state index in [0.717, 1.165) is 0 Å². The zero-order valence-corrected chi connectivity index (χ0v) is 16.5. The van der Waals surface area contributed by atoms with Crippen molar-refractivity contribution in [3.8, 4) is 0 Å². The Morgan fingerprint density at radius 1 is 1.00 bits per heavy atom. The average Bonchev–Trinajstić information content (AvgIpc) is 2.92. The Labute approximate surface area is 169 Å². The zero-order valence-electron chi connectivity index (χ0n) is 16.5. The summed E-state index contributed by atoms with van der Waals surface area (Å²) >= 11 is 0. The van der Waals surface area contributed by atoms with E-state index in [-0.39, 0.29) is 17.8 Å². The maximum Gasteiger partial charge on any atom is 0.307 e. The first-order valence-corrected chi connectivity index (χ1v) is 9.28. The van der Waals surface area contributed by atoms with Gasteiger partial charge in [0.2, 0.25) is 0 Å². The van der Waals surface area contributed by atoms with Crippen LogP contribution in [0.5, 0.6) is 0 Å². The van der Waals surface area contributed by atoms with E-state index in [1.165, 1.54) is 4.90 Å². The summed E-state index contributed by atoms with van der Waals surface area (Å²) in [7, 11) is 0. The van der Waals surface area contributed by atoms with Gasteiger partial charge in [0.05, 0.1) is 18.0 Å². The molecule has 1 unspecified atom stereocenters. The molecule has 0 saturated heterocycles. The molecule has 1 aliphatic rings. The monoisotopic (exact) mass is 393 g/mol. The number of aliphatic hydroxyl groups is 1. The van der Waals surface area contributed by atoms with Gasteiger partial charge < -0.3 is 10.2 Å². The molecule has 6 heteroatoms. The summed E-state index contributed by atoms with van der Waals surface area (Å²) < 4.78 is 0. The van der Waals surface area contributed by atoms with Gasteiger partial charge in [0.15, 0.2) is 11.5 Å². The molecule has 0 aliphatic carbocycles. The molecule has 2 N–H and O–H groups in total. The molecule has 150 valence electrons. The van der Waals surface area contributed by atoms with E-state index in [4.69, 9.17) is 5.11 Å². The Kier molecular flexibility index (Phi) is 5.29. The Morgan fingerprint density at radius 3 is 2.10 bits per heavy atom. The molecule has 0 bridgehead atoms. The van der Waals surface area contributed by atoms with Crippen LogP contribution in [0.3, 0.4) is 0 Å². The highest BCUT2D eigenvalue weighted by molar-refractivity contribution is 6.17. The molecule has 1 amide bonds. The normalized spacial score (nSPS) is 17.0. The van der Waals surface area contributed by atoms with Crippen molar-refractivity contribution < 1.29 is 24.6 Å². The van der Waals surface area contributed by atoms with Gasteiger partial charge in [-0.25, -0.2) is 0 Å². The minimum atomic E-state index is -0.950. The third-order valence-corrected chi connectivity index (χ3v) is 4.82. The van der Waals surface area contributed by atoms with Crippen LogP contribution < -0.4 is 4.90 Å². The molecule has 3 rings (SSSR count). The molecule has 1 heterocycles. The number of Topliss-reactive ketones (excluding diaryl/α,β-unsaturated/α-hetero) is 1. The second-order valence-electron chi connectivity index (χ2n) is 8.07. The standard InChI is InChI=1S/C23H23NO5/c1-23(2,3)21(28)18-19(15-7-5-4-6-8-15)24(22(29)20(18)27)16-11-9-14(10-12-16)13-17(25)26/h4-12,19,27H,13H2,1-3H3,(H,25,26). The fraction of sp³-hybridized carbons (Fsp3) is 0.261. The first kappa shape index (κ1) is 20.3. The second kappa shape index (κ2) is 7.54. The minimum Gasteiger partial charge on any atom is -0.503 e. The molecule has 6 nitrogen and oxygen atoms in total. The lowest BCUT2D eigenvalue weighted by molar-refractivity contribution is -0.136. The maximum atomic E-state index is 13.1. The Bertz CT molecular complexity index is 984. The van der Waals surface area contributed by atoms with Gasteiger partial charge in [-0.15, -0.1) is 0 Å². The van der Waals surface area contributed by atoms with Crippen LogP contribution >= 0.6 is 0 Å². The van der Waals surface area contributed by atoms with Crippen molar-refractivity contribution >= 4 is 23.3 Å². The van der Waals surface area contributed by atoms with Crippen LogP contribution in [-0.2, 0) is 20.8 Å². The van der Waals surface area contributed by atoms with Crippen LogP contribution in [0.4, 0.5) is 5.69 Å². The van der Waals surface area contributed by atoms with Gasteiger partial charge in [0.1, 0.15) is 0 Å². The molecule has 0 spiro atoms. The number of aliphatic hydroxyl groups excluding tert-OH is 1. The highest BCUT2D eigenvalue weighted by Gasteiger charge is 2.46. The van der Waals surface area contributed by atoms with Crippen molar-refractivity contribution in [2.45, 2.75) is 33.2 Å². The van der Waals surface area contributed by atoms with Crippen molar-refractivity contribution in [3.63, 3.8) is 0 Å². The predicted molar refractivity (Wildman–Crippen MR) is 109 cm³/mol. The predicted octanol–water partition coefficient (Wildman–Crippen LogP) is 3.83. The highest BCUT2D eigenvalue weighted by atomic mass is 16.4. The summed E-state index contributed by atoms with van der Waals surface area (Å²) in [5.41, 5.74) is 1.06. The first-order chi connectivity index (χ1) is 13.6. The topological polar surface area (TPSA) is 94.9 Å². The molecule has 2 aromatic carbocycles. The first-order valence-electron chi connectivity index (χ1n) is 9.28. The minimum absolute atomic E-state index is 0.0725. The molecule has 0 radical (unpaired) electrons. The lowest BCUT2D eigenvalue weighted by Crippen LogP contribution is -2.32. The molecule has 1 atom stereocenters. The summed E-state index contributed by atoms with van der Waals surface area (Å²) in [6.45, 7) is 5.22. The molecule has 0 aromatic heterocycles. The molecule has 0 saturated carbocycles. The second-order valence-corrected chi connectivity index (χ2v) is 8.07. The Hall–Kier alpha value is -3.41. The molecular formula is C23H23NO5. The lowest BCUT2D eigenvalue weighted by Gasteiger charge is -2.29. The van der Waals surface area contributed by atoms with E-state index in [1.54, 1.807) is 57.2 Å². The van der Waals surface area contributed by atoms with Crippen molar-refractivity contribution in [1.29, 1.82) is 0 Å². The summed E-state index contributed by atoms with van der Waals surface area (Å²) in [6.07, 6.45) is -0.131. The molecule has 0 fully saturated rings. The van der Waals surface area contributed by atoms with E-state index in [1.807, 2.05) is 18.2 Å². The number of ketones is 1. The molecule has 2 aromatic rings. The highest BCUT2D eigenvalue weighted by Crippen LogP contribution is 2.43. The van der Waals surface area contributed by atoms with Crippen LogP contribution in [0.2, 0.25) is 0 Å². The van der Waals surface area contributed by atoms with Gasteiger partial charge in [-0.1, -0.05) is 63.2 Å². The number of rotatable bonds is 5. The van der Waals surface area contributed by atoms with Gasteiger partial charge in [-0.2, -0.15) is 0 Å². The third-order valence-electron chi connectivity index (χ3n) is 4.82. The summed E-state index contributed by atoms with van der Waals surface area (Å²) in [4.78, 5) is 38.4. The number of aliphatic carboxylic acids is 1. The van der Waals surface area contributed by atoms with Crippen LogP contribution in [0.25, 0.3) is 0 Å². The van der Waals surface area contributed by atoms with E-state index < -0.39 is 29.1 Å². The van der Waals surface area contributed by atoms with Crippen LogP contribution in [0, 0.1) is 5.41 Å². The van der Waals surface area contributed by atoms with Gasteiger partial charge in [-0.3, -0.25) is 19.3 Å². The summed E-state index contributed by atoms with van der Waals surface area (Å²) in [5, 5.41) is 19.6. The van der Waals surface area contributed by atoms with Crippen molar-refractivity contribution in [1.82, 2.24) is 0 Å². The van der Waals surface area contributed by atoms with E-state index in [9.17, 15) is 19.5 Å². The van der Waals surface area contributed by atoms with Gasteiger partial charge in [0, 0.05) is 11.1 Å². The molecule has 29 heavy (non-hydrogen) atoms. The fourth-order valence-corrected chi connectivity index (χ4v) is 3.41. The number of anilines is 1. The van der Waals surface area contributed by atoms with Crippen LogP contribution in [0.15, 0.2) is 65.9 Å². The molecular weight excluding hydrogens is 370 g/mol. The molecule has 1 aliphatic heterocycles. The maximum absolute atomic E-state index is 13.1. The third kappa shape index (κ3) is 3.92. The number of benzene rings is 2. The average molecular weight is 393 g/mol. The number of hydrogen-bond donors (Lipinski definition) is 2. The summed E-state index contributed by atoms with van der Waals surface area (Å²) in [6, 6.07) is 14.8. The van der Waals surface area contributed by atoms with Crippen LogP contribution in [0.1, 0.15) is 37.9 Å². The van der Waals surface area contributed by atoms with E-state index in [0.29, 0.717) is 16.8 Å². The summed E-state index contributed by atoms with van der Waals surface area (Å²) in [5.74, 6) is -2.46. The van der Waals surface area contributed by atoms with Crippen molar-refractivity contribution in [2.24, 2.45) is 5.41 Å². The zero-order chi connectivity index (χ0) is 21.3. The number of carboxylic acid groups (broad SMARTS) is 1. The smallest absolute Gasteiger partial charge is 0.307 e. The van der Waals surface area contributed by atoms with E-state index in [2.05, 4.69) is 0 Å². The number of hydrogen-bond acceptors (Lipinski definition) is 4. The fourth-order valence-electron chi connectivity index (χ4n) is 3.41. The number of nitrogens with zero attached hydrogens (tertiary/aromatic N) is 1. The van der Waals surface area contributed by atoms with Gasteiger partial charge in [0.25, 0.3) is 5.91 Å². The van der Waals surface area contributed by atoms with E-state index >= 15 is 0 Å². The van der Waals surface area contributed by atoms with Gasteiger partial charge >= 0.3 is 5.97 Å². The lowest BCUT2D eigenvalue weighted by atomic mass is 9.82. The number of amides is 1. The number of carboxylic acids is 1. The number of carbonyl (C=O) groups is 3. The SMILES string of the molecule is CC(C)(C)C(=O)C1=C(O)C(=O)N(c2ccc(CC(=O)O)cc2)C1c1ccccc1. The Morgan fingerprint density at radius 2 is 1.59 bits per heavy atom. The Balaban J connectivity index is 2.10. The quantitative estimate of drug-likeness (QED) is 0.805. The largest absolute Gasteiger partial charge is 0.503 e. The number of carbonyl (C=O) groups excluding carboxylic acids is 2.